The second-order valence-electron chi connectivity index (χ2n) is 14.8. The van der Waals surface area contributed by atoms with Gasteiger partial charge >= 0.3 is 0 Å². The summed E-state index contributed by atoms with van der Waals surface area (Å²) in [5, 5.41) is 11.5. The van der Waals surface area contributed by atoms with E-state index in [9.17, 15) is 0 Å². The normalized spacial score (nSPS) is 11.9. The van der Waals surface area contributed by atoms with Crippen LogP contribution in [0.15, 0.2) is 209 Å². The van der Waals surface area contributed by atoms with Crippen LogP contribution in [0.4, 0.5) is 17.1 Å². The molecule has 12 rings (SSSR count). The van der Waals surface area contributed by atoms with Gasteiger partial charge in [0.1, 0.15) is 22.3 Å². The minimum absolute atomic E-state index is 0.847. The standard InChI is InChI=1S/C54H33NO2/c1-2-15-35(16-3-1)50-41-20-8-6-18-39(41)40-19-7-9-21-42(40)51(50)36-28-31-37(32-29-36)55(45-23-12-26-48-52(45)43-22-10-11-25-47(43)56-48)46-24-13-27-49-53(46)44-33-30-34-14-4-5-17-38(34)54(44)57-49/h1-33H. The molecule has 266 valence electrons. The SMILES string of the molecule is c1ccc(-c2c(-c3ccc(N(c4cccc5oc6ccccc6c45)c4cccc5oc6c7ccccc7ccc6c45)cc3)c3ccccc3c3ccccc23)cc1. The summed E-state index contributed by atoms with van der Waals surface area (Å²) in [7, 11) is 0. The van der Waals surface area contributed by atoms with Crippen molar-refractivity contribution in [2.75, 3.05) is 4.90 Å². The van der Waals surface area contributed by atoms with Gasteiger partial charge in [-0.2, -0.15) is 0 Å². The lowest BCUT2D eigenvalue weighted by molar-refractivity contribution is 0.669. The van der Waals surface area contributed by atoms with Crippen LogP contribution < -0.4 is 4.90 Å². The number of hydrogen-bond donors (Lipinski definition) is 0. The van der Waals surface area contributed by atoms with Crippen LogP contribution in [-0.2, 0) is 0 Å². The van der Waals surface area contributed by atoms with Crippen LogP contribution in [0, 0.1) is 0 Å². The van der Waals surface area contributed by atoms with Crippen LogP contribution in [-0.4, -0.2) is 0 Å². The Kier molecular flexibility index (Phi) is 6.93. The number of hydrogen-bond acceptors (Lipinski definition) is 3. The van der Waals surface area contributed by atoms with E-state index in [0.29, 0.717) is 0 Å². The molecule has 57 heavy (non-hydrogen) atoms. The van der Waals surface area contributed by atoms with E-state index >= 15 is 0 Å². The third-order valence-corrected chi connectivity index (χ3v) is 11.6. The quantitative estimate of drug-likeness (QED) is 0.165. The molecule has 0 aliphatic heterocycles. The lowest BCUT2D eigenvalue weighted by Gasteiger charge is -2.27. The van der Waals surface area contributed by atoms with Gasteiger partial charge in [0.2, 0.25) is 0 Å². The molecule has 0 amide bonds. The summed E-state index contributed by atoms with van der Waals surface area (Å²) >= 11 is 0. The minimum atomic E-state index is 0.847. The Morgan fingerprint density at radius 3 is 1.49 bits per heavy atom. The Balaban J connectivity index is 1.14. The molecule has 10 aromatic carbocycles. The molecule has 0 bridgehead atoms. The first-order chi connectivity index (χ1) is 28.3. The van der Waals surface area contributed by atoms with Crippen molar-refractivity contribution in [1.82, 2.24) is 0 Å². The highest BCUT2D eigenvalue weighted by Gasteiger charge is 2.24. The molecule has 0 unspecified atom stereocenters. The second-order valence-corrected chi connectivity index (χ2v) is 14.8. The molecule has 0 saturated carbocycles. The van der Waals surface area contributed by atoms with Gasteiger partial charge in [0, 0.05) is 21.8 Å². The molecule has 0 atom stereocenters. The average Bonchev–Trinajstić information content (AvgIpc) is 3.86. The van der Waals surface area contributed by atoms with Gasteiger partial charge in [-0.3, -0.25) is 0 Å². The molecule has 12 aromatic rings. The maximum atomic E-state index is 6.73. The number of fused-ring (bicyclic) bond motifs is 11. The van der Waals surface area contributed by atoms with E-state index in [4.69, 9.17) is 8.83 Å². The molecule has 3 nitrogen and oxygen atoms in total. The van der Waals surface area contributed by atoms with Crippen molar-refractivity contribution in [3.8, 4) is 22.3 Å². The fraction of sp³-hybridized carbons (Fsp3) is 0. The summed E-state index contributed by atoms with van der Waals surface area (Å²) in [6, 6.07) is 71.5. The summed E-state index contributed by atoms with van der Waals surface area (Å²) in [5.74, 6) is 0. The first kappa shape index (κ1) is 31.7. The monoisotopic (exact) mass is 727 g/mol. The lowest BCUT2D eigenvalue weighted by atomic mass is 9.85. The predicted octanol–water partition coefficient (Wildman–Crippen LogP) is 15.7. The average molecular weight is 728 g/mol. The number of nitrogens with zero attached hydrogens (tertiary/aromatic N) is 1. The van der Waals surface area contributed by atoms with E-state index in [2.05, 4.69) is 193 Å². The van der Waals surface area contributed by atoms with Crippen LogP contribution in [0.1, 0.15) is 0 Å². The Bertz CT molecular complexity index is 3520. The molecule has 0 fully saturated rings. The first-order valence-electron chi connectivity index (χ1n) is 19.4. The smallest absolute Gasteiger partial charge is 0.143 e. The van der Waals surface area contributed by atoms with Crippen molar-refractivity contribution in [2.24, 2.45) is 0 Å². The van der Waals surface area contributed by atoms with Gasteiger partial charge in [-0.1, -0.05) is 152 Å². The van der Waals surface area contributed by atoms with Crippen molar-refractivity contribution >= 4 is 93.3 Å². The highest BCUT2D eigenvalue weighted by Crippen LogP contribution is 2.49. The second kappa shape index (κ2) is 12.5. The molecule has 0 aliphatic carbocycles. The number of para-hydroxylation sites is 1. The van der Waals surface area contributed by atoms with E-state index < -0.39 is 0 Å². The van der Waals surface area contributed by atoms with Crippen molar-refractivity contribution in [3.05, 3.63) is 200 Å². The summed E-state index contributed by atoms with van der Waals surface area (Å²) in [6.45, 7) is 0. The third-order valence-electron chi connectivity index (χ3n) is 11.6. The molecular formula is C54H33NO2. The van der Waals surface area contributed by atoms with E-state index in [1.165, 1.54) is 38.2 Å². The minimum Gasteiger partial charge on any atom is -0.456 e. The van der Waals surface area contributed by atoms with Gasteiger partial charge in [-0.05, 0) is 97.7 Å². The molecule has 0 radical (unpaired) electrons. The summed E-state index contributed by atoms with van der Waals surface area (Å²) in [5.41, 5.74) is 11.4. The van der Waals surface area contributed by atoms with Crippen LogP contribution in [0.25, 0.3) is 98.4 Å². The maximum absolute atomic E-state index is 6.73. The predicted molar refractivity (Wildman–Crippen MR) is 239 cm³/mol. The summed E-state index contributed by atoms with van der Waals surface area (Å²) in [6.07, 6.45) is 0. The van der Waals surface area contributed by atoms with Crippen LogP contribution in [0.3, 0.4) is 0 Å². The maximum Gasteiger partial charge on any atom is 0.143 e. The zero-order valence-corrected chi connectivity index (χ0v) is 30.8. The number of benzene rings is 10. The molecule has 2 heterocycles. The van der Waals surface area contributed by atoms with Gasteiger partial charge in [0.05, 0.1) is 22.1 Å². The van der Waals surface area contributed by atoms with Gasteiger partial charge in [-0.15, -0.1) is 0 Å². The van der Waals surface area contributed by atoms with E-state index in [1.807, 2.05) is 12.1 Å². The first-order valence-corrected chi connectivity index (χ1v) is 19.4. The van der Waals surface area contributed by atoms with E-state index in [1.54, 1.807) is 0 Å². The molecular weight excluding hydrogens is 695 g/mol. The van der Waals surface area contributed by atoms with Crippen LogP contribution in [0.2, 0.25) is 0 Å². The van der Waals surface area contributed by atoms with Gasteiger partial charge in [0.25, 0.3) is 0 Å². The van der Waals surface area contributed by atoms with Crippen LogP contribution in [0.5, 0.6) is 0 Å². The summed E-state index contributed by atoms with van der Waals surface area (Å²) in [4.78, 5) is 2.39. The molecule has 0 saturated heterocycles. The van der Waals surface area contributed by atoms with Gasteiger partial charge in [-0.25, -0.2) is 0 Å². The van der Waals surface area contributed by atoms with Crippen LogP contribution >= 0.6 is 0 Å². The zero-order valence-electron chi connectivity index (χ0n) is 30.8. The Morgan fingerprint density at radius 1 is 0.298 bits per heavy atom. The largest absolute Gasteiger partial charge is 0.456 e. The van der Waals surface area contributed by atoms with Crippen molar-refractivity contribution in [1.29, 1.82) is 0 Å². The van der Waals surface area contributed by atoms with Gasteiger partial charge < -0.3 is 13.7 Å². The molecule has 2 aromatic heterocycles. The van der Waals surface area contributed by atoms with E-state index in [0.717, 1.165) is 77.3 Å². The zero-order chi connectivity index (χ0) is 37.5. The molecule has 0 N–H and O–H groups in total. The topological polar surface area (TPSA) is 29.5 Å². The molecule has 3 heteroatoms. The molecule has 0 aliphatic rings. The Labute approximate surface area is 328 Å². The Morgan fingerprint density at radius 2 is 0.807 bits per heavy atom. The highest BCUT2D eigenvalue weighted by molar-refractivity contribution is 6.23. The number of anilines is 3. The van der Waals surface area contributed by atoms with Crippen molar-refractivity contribution in [2.45, 2.75) is 0 Å². The van der Waals surface area contributed by atoms with E-state index in [-0.39, 0.29) is 0 Å². The van der Waals surface area contributed by atoms with Gasteiger partial charge in [0.15, 0.2) is 0 Å². The van der Waals surface area contributed by atoms with Crippen molar-refractivity contribution in [3.63, 3.8) is 0 Å². The fourth-order valence-corrected chi connectivity index (χ4v) is 9.19. The molecule has 0 spiro atoms. The van der Waals surface area contributed by atoms with Crippen molar-refractivity contribution < 1.29 is 8.83 Å². The lowest BCUT2D eigenvalue weighted by Crippen LogP contribution is -2.10. The summed E-state index contributed by atoms with van der Waals surface area (Å²) < 4.78 is 13.2. The Hall–Kier alpha value is -7.62. The fourth-order valence-electron chi connectivity index (χ4n) is 9.19. The highest BCUT2D eigenvalue weighted by atomic mass is 16.3. The number of furan rings is 2. The third kappa shape index (κ3) is 4.79. The number of rotatable bonds is 5.